The standard InChI is InChI=1S/C22H20N2O5S/c1-24(19-11-4-2-5-12-19)21(25)16-29-22(26)17-9-8-10-18(15-17)23-30(27,28)20-13-6-3-7-14-20/h2-15,23H,16H2,1H3. The number of para-hydroxylation sites is 1. The lowest BCUT2D eigenvalue weighted by atomic mass is 10.2. The molecule has 1 N–H and O–H groups in total. The highest BCUT2D eigenvalue weighted by Gasteiger charge is 2.17. The van der Waals surface area contributed by atoms with Gasteiger partial charge in [-0.05, 0) is 42.5 Å². The molecule has 0 fully saturated rings. The molecule has 7 nitrogen and oxygen atoms in total. The summed E-state index contributed by atoms with van der Waals surface area (Å²) in [6.07, 6.45) is 0. The average molecular weight is 424 g/mol. The molecule has 0 aromatic heterocycles. The van der Waals surface area contributed by atoms with Gasteiger partial charge in [-0.1, -0.05) is 42.5 Å². The molecule has 0 aliphatic carbocycles. The van der Waals surface area contributed by atoms with Crippen molar-refractivity contribution in [1.82, 2.24) is 0 Å². The first kappa shape index (κ1) is 21.1. The quantitative estimate of drug-likeness (QED) is 0.588. The number of hydrogen-bond acceptors (Lipinski definition) is 5. The largest absolute Gasteiger partial charge is 0.452 e. The lowest BCUT2D eigenvalue weighted by molar-refractivity contribution is -0.121. The summed E-state index contributed by atoms with van der Waals surface area (Å²) in [5, 5.41) is 0. The van der Waals surface area contributed by atoms with Gasteiger partial charge in [0.2, 0.25) is 0 Å². The Bertz CT molecular complexity index is 1130. The SMILES string of the molecule is CN(C(=O)COC(=O)c1cccc(NS(=O)(=O)c2ccccc2)c1)c1ccccc1. The van der Waals surface area contributed by atoms with E-state index in [0.717, 1.165) is 0 Å². The van der Waals surface area contributed by atoms with Crippen LogP contribution >= 0.6 is 0 Å². The van der Waals surface area contributed by atoms with Gasteiger partial charge in [0.05, 0.1) is 10.5 Å². The van der Waals surface area contributed by atoms with Crippen molar-refractivity contribution in [2.75, 3.05) is 23.3 Å². The zero-order valence-electron chi connectivity index (χ0n) is 16.2. The van der Waals surface area contributed by atoms with Crippen molar-refractivity contribution in [3.8, 4) is 0 Å². The van der Waals surface area contributed by atoms with Crippen molar-refractivity contribution in [3.63, 3.8) is 0 Å². The van der Waals surface area contributed by atoms with Gasteiger partial charge in [-0.25, -0.2) is 13.2 Å². The smallest absolute Gasteiger partial charge is 0.338 e. The van der Waals surface area contributed by atoms with E-state index in [0.29, 0.717) is 5.69 Å². The molecule has 0 aliphatic rings. The third-order valence-electron chi connectivity index (χ3n) is 4.25. The van der Waals surface area contributed by atoms with Crippen molar-refractivity contribution in [3.05, 3.63) is 90.5 Å². The topological polar surface area (TPSA) is 92.8 Å². The van der Waals surface area contributed by atoms with Crippen LogP contribution in [-0.4, -0.2) is 33.9 Å². The van der Waals surface area contributed by atoms with E-state index < -0.39 is 28.5 Å². The van der Waals surface area contributed by atoms with Crippen molar-refractivity contribution < 1.29 is 22.7 Å². The number of anilines is 2. The van der Waals surface area contributed by atoms with Gasteiger partial charge in [-0.15, -0.1) is 0 Å². The van der Waals surface area contributed by atoms with E-state index >= 15 is 0 Å². The Hall–Kier alpha value is -3.65. The third-order valence-corrected chi connectivity index (χ3v) is 5.65. The van der Waals surface area contributed by atoms with Crippen LogP contribution in [0.2, 0.25) is 0 Å². The summed E-state index contributed by atoms with van der Waals surface area (Å²) in [6, 6.07) is 22.7. The Morgan fingerprint density at radius 1 is 0.900 bits per heavy atom. The monoisotopic (exact) mass is 424 g/mol. The van der Waals surface area contributed by atoms with Crippen molar-refractivity contribution in [2.45, 2.75) is 4.90 Å². The number of carbonyl (C=O) groups is 2. The minimum Gasteiger partial charge on any atom is -0.452 e. The third kappa shape index (κ3) is 5.24. The Labute approximate surface area is 175 Å². The number of rotatable bonds is 7. The summed E-state index contributed by atoms with van der Waals surface area (Å²) in [5.41, 5.74) is 1.01. The molecule has 3 rings (SSSR count). The van der Waals surface area contributed by atoms with E-state index in [2.05, 4.69) is 4.72 Å². The molecule has 154 valence electrons. The zero-order chi connectivity index (χ0) is 21.6. The number of nitrogens with one attached hydrogen (secondary N) is 1. The van der Waals surface area contributed by atoms with E-state index in [9.17, 15) is 18.0 Å². The maximum atomic E-state index is 12.4. The van der Waals surface area contributed by atoms with Crippen LogP contribution in [-0.2, 0) is 19.6 Å². The molecule has 0 aliphatic heterocycles. The summed E-state index contributed by atoms with van der Waals surface area (Å²) >= 11 is 0. The minimum absolute atomic E-state index is 0.104. The van der Waals surface area contributed by atoms with Crippen molar-refractivity contribution >= 4 is 33.3 Å². The van der Waals surface area contributed by atoms with Gasteiger partial charge in [0.1, 0.15) is 0 Å². The number of hydrogen-bond donors (Lipinski definition) is 1. The zero-order valence-corrected chi connectivity index (χ0v) is 17.0. The molecule has 0 heterocycles. The van der Waals surface area contributed by atoms with E-state index in [-0.39, 0.29) is 16.1 Å². The molecule has 0 atom stereocenters. The Kier molecular flexibility index (Phi) is 6.48. The summed E-state index contributed by atoms with van der Waals surface area (Å²) < 4.78 is 32.4. The number of sulfonamides is 1. The van der Waals surface area contributed by atoms with Crippen LogP contribution in [0.4, 0.5) is 11.4 Å². The van der Waals surface area contributed by atoms with Crippen LogP contribution in [0, 0.1) is 0 Å². The van der Waals surface area contributed by atoms with Gasteiger partial charge in [0, 0.05) is 18.4 Å². The predicted octanol–water partition coefficient (Wildman–Crippen LogP) is 3.31. The summed E-state index contributed by atoms with van der Waals surface area (Å²) in [4.78, 5) is 26.1. The maximum Gasteiger partial charge on any atom is 0.338 e. The molecule has 3 aromatic carbocycles. The molecule has 3 aromatic rings. The first-order valence-electron chi connectivity index (χ1n) is 9.03. The second-order valence-electron chi connectivity index (χ2n) is 6.36. The lowest BCUT2D eigenvalue weighted by Gasteiger charge is -2.17. The van der Waals surface area contributed by atoms with Crippen molar-refractivity contribution in [1.29, 1.82) is 0 Å². The Balaban J connectivity index is 1.64. The van der Waals surface area contributed by atoms with E-state index in [1.807, 2.05) is 6.07 Å². The molecule has 0 bridgehead atoms. The van der Waals surface area contributed by atoms with Gasteiger partial charge in [-0.3, -0.25) is 9.52 Å². The Morgan fingerprint density at radius 2 is 1.53 bits per heavy atom. The summed E-state index contributed by atoms with van der Waals surface area (Å²) in [5.74, 6) is -1.12. The van der Waals surface area contributed by atoms with Crippen LogP contribution in [0.5, 0.6) is 0 Å². The number of benzene rings is 3. The first-order chi connectivity index (χ1) is 14.4. The Morgan fingerprint density at radius 3 is 2.20 bits per heavy atom. The molecular formula is C22H20N2O5S. The number of ether oxygens (including phenoxy) is 1. The van der Waals surface area contributed by atoms with Gasteiger partial charge < -0.3 is 9.64 Å². The average Bonchev–Trinajstić information content (AvgIpc) is 2.77. The molecule has 0 saturated carbocycles. The normalized spacial score (nSPS) is 10.8. The summed E-state index contributed by atoms with van der Waals surface area (Å²) in [7, 11) is -2.20. The lowest BCUT2D eigenvalue weighted by Crippen LogP contribution is -2.31. The van der Waals surface area contributed by atoms with Crippen LogP contribution in [0.15, 0.2) is 89.8 Å². The highest BCUT2D eigenvalue weighted by atomic mass is 32.2. The molecule has 0 saturated heterocycles. The molecule has 8 heteroatoms. The van der Waals surface area contributed by atoms with E-state index in [1.54, 1.807) is 49.5 Å². The molecule has 0 spiro atoms. The fourth-order valence-electron chi connectivity index (χ4n) is 2.63. The number of carbonyl (C=O) groups excluding carboxylic acids is 2. The minimum atomic E-state index is -3.79. The van der Waals surface area contributed by atoms with Gasteiger partial charge in [0.25, 0.3) is 15.9 Å². The van der Waals surface area contributed by atoms with Gasteiger partial charge in [-0.2, -0.15) is 0 Å². The fraction of sp³-hybridized carbons (Fsp3) is 0.0909. The van der Waals surface area contributed by atoms with E-state index in [4.69, 9.17) is 4.74 Å². The fourth-order valence-corrected chi connectivity index (χ4v) is 3.70. The molecule has 0 radical (unpaired) electrons. The number of likely N-dealkylation sites (N-methyl/N-ethyl adjacent to an activating group) is 1. The molecular weight excluding hydrogens is 404 g/mol. The number of nitrogens with zero attached hydrogens (tertiary/aromatic N) is 1. The number of esters is 1. The highest BCUT2D eigenvalue weighted by Crippen LogP contribution is 2.18. The van der Waals surface area contributed by atoms with Gasteiger partial charge >= 0.3 is 5.97 Å². The van der Waals surface area contributed by atoms with Crippen LogP contribution in [0.1, 0.15) is 10.4 Å². The summed E-state index contributed by atoms with van der Waals surface area (Å²) in [6.45, 7) is -0.440. The molecule has 1 amide bonds. The van der Waals surface area contributed by atoms with Crippen LogP contribution in [0.3, 0.4) is 0 Å². The van der Waals surface area contributed by atoms with Crippen molar-refractivity contribution in [2.24, 2.45) is 0 Å². The molecule has 0 unspecified atom stereocenters. The van der Waals surface area contributed by atoms with Crippen LogP contribution < -0.4 is 9.62 Å². The second-order valence-corrected chi connectivity index (χ2v) is 8.05. The number of amides is 1. The van der Waals surface area contributed by atoms with Crippen LogP contribution in [0.25, 0.3) is 0 Å². The maximum absolute atomic E-state index is 12.4. The second kappa shape index (κ2) is 9.23. The first-order valence-corrected chi connectivity index (χ1v) is 10.5. The van der Waals surface area contributed by atoms with Gasteiger partial charge in [0.15, 0.2) is 6.61 Å². The predicted molar refractivity (Wildman–Crippen MR) is 114 cm³/mol. The van der Waals surface area contributed by atoms with E-state index in [1.165, 1.54) is 41.3 Å². The molecule has 30 heavy (non-hydrogen) atoms. The highest BCUT2D eigenvalue weighted by molar-refractivity contribution is 7.92.